The van der Waals surface area contributed by atoms with E-state index in [1.807, 2.05) is 0 Å². The number of amides is 1. The van der Waals surface area contributed by atoms with Gasteiger partial charge in [-0.05, 0) is 18.2 Å². The third-order valence-corrected chi connectivity index (χ3v) is 6.99. The first kappa shape index (κ1) is 17.3. The van der Waals surface area contributed by atoms with Gasteiger partial charge in [0.25, 0.3) is 0 Å². The van der Waals surface area contributed by atoms with Crippen LogP contribution < -0.4 is 5.32 Å². The van der Waals surface area contributed by atoms with Gasteiger partial charge in [0.1, 0.15) is 0 Å². The summed E-state index contributed by atoms with van der Waals surface area (Å²) in [6, 6.07) is 4.58. The molecule has 1 fully saturated rings. The third kappa shape index (κ3) is 3.43. The molecule has 130 valence electrons. The number of benzene rings is 1. The number of thiazole rings is 1. The minimum absolute atomic E-state index is 0.161. The number of rotatable bonds is 4. The number of fused-ring (bicyclic) bond motifs is 1. The molecule has 0 radical (unpaired) electrons. The van der Waals surface area contributed by atoms with E-state index in [4.69, 9.17) is 0 Å². The normalized spacial score (nSPS) is 16.9. The van der Waals surface area contributed by atoms with Gasteiger partial charge >= 0.3 is 0 Å². The lowest BCUT2D eigenvalue weighted by atomic mass is 10.0. The molecule has 0 aliphatic carbocycles. The number of sulfonamides is 1. The Morgan fingerprint density at radius 3 is 2.50 bits per heavy atom. The van der Waals surface area contributed by atoms with Crippen molar-refractivity contribution in [3.8, 4) is 0 Å². The highest BCUT2D eigenvalue weighted by molar-refractivity contribution is 7.90. The van der Waals surface area contributed by atoms with Gasteiger partial charge < -0.3 is 5.32 Å². The highest BCUT2D eigenvalue weighted by Gasteiger charge is 2.37. The second-order valence-electron chi connectivity index (χ2n) is 5.69. The van der Waals surface area contributed by atoms with Crippen molar-refractivity contribution in [2.75, 3.05) is 30.9 Å². The van der Waals surface area contributed by atoms with Crippen LogP contribution in [0.15, 0.2) is 23.1 Å². The molecule has 1 amide bonds. The van der Waals surface area contributed by atoms with Crippen LogP contribution in [0.4, 0.5) is 5.13 Å². The molecule has 1 aliphatic heterocycles. The van der Waals surface area contributed by atoms with Gasteiger partial charge in [-0.1, -0.05) is 11.3 Å². The topological polar surface area (TPSA) is 114 Å². The van der Waals surface area contributed by atoms with Crippen molar-refractivity contribution in [2.45, 2.75) is 4.90 Å². The Morgan fingerprint density at radius 1 is 1.25 bits per heavy atom. The number of hydrogen-bond acceptors (Lipinski definition) is 7. The van der Waals surface area contributed by atoms with Crippen molar-refractivity contribution in [3.63, 3.8) is 0 Å². The number of aromatic nitrogens is 1. The smallest absolute Gasteiger partial charge is 0.231 e. The molecular weight excluding hydrogens is 374 g/mol. The average molecular weight is 389 g/mol. The van der Waals surface area contributed by atoms with Gasteiger partial charge in [-0.25, -0.2) is 26.1 Å². The Balaban J connectivity index is 1.73. The molecule has 1 aromatic carbocycles. The van der Waals surface area contributed by atoms with E-state index < -0.39 is 25.8 Å². The van der Waals surface area contributed by atoms with Gasteiger partial charge in [0.15, 0.2) is 15.0 Å². The maximum Gasteiger partial charge on any atom is 0.231 e. The molecule has 24 heavy (non-hydrogen) atoms. The lowest BCUT2D eigenvalue weighted by molar-refractivity contribution is -0.122. The number of carbonyl (C=O) groups is 1. The van der Waals surface area contributed by atoms with Crippen molar-refractivity contribution >= 4 is 52.5 Å². The Hall–Kier alpha value is -1.56. The Bertz CT molecular complexity index is 1020. The number of hydrogen-bond donors (Lipinski definition) is 1. The molecule has 2 heterocycles. The summed E-state index contributed by atoms with van der Waals surface area (Å²) in [6.07, 6.45) is 2.23. The zero-order chi connectivity index (χ0) is 17.7. The van der Waals surface area contributed by atoms with Crippen molar-refractivity contribution < 1.29 is 21.6 Å². The predicted octanol–water partition coefficient (Wildman–Crippen LogP) is 0.530. The van der Waals surface area contributed by atoms with E-state index in [2.05, 4.69) is 10.3 Å². The summed E-state index contributed by atoms with van der Waals surface area (Å²) in [6.45, 7) is 0.321. The summed E-state index contributed by atoms with van der Waals surface area (Å²) in [5.74, 6) is -0.699. The van der Waals surface area contributed by atoms with Gasteiger partial charge in [-0.3, -0.25) is 4.79 Å². The summed E-state index contributed by atoms with van der Waals surface area (Å²) >= 11 is 1.17. The maximum atomic E-state index is 12.1. The van der Waals surface area contributed by atoms with Gasteiger partial charge in [-0.2, -0.15) is 0 Å². The molecule has 3 rings (SSSR count). The highest BCUT2D eigenvalue weighted by atomic mass is 32.2. The molecule has 8 nitrogen and oxygen atoms in total. The van der Waals surface area contributed by atoms with Crippen molar-refractivity contribution in [1.29, 1.82) is 0 Å². The summed E-state index contributed by atoms with van der Waals surface area (Å²) in [5, 5.41) is 3.02. The number of nitrogens with zero attached hydrogens (tertiary/aromatic N) is 2. The summed E-state index contributed by atoms with van der Waals surface area (Å²) < 4.78 is 47.6. The Kier molecular flexibility index (Phi) is 4.14. The van der Waals surface area contributed by atoms with Crippen molar-refractivity contribution in [1.82, 2.24) is 9.29 Å². The minimum atomic E-state index is -3.31. The van der Waals surface area contributed by atoms with Crippen molar-refractivity contribution in [2.24, 2.45) is 5.92 Å². The van der Waals surface area contributed by atoms with Crippen LogP contribution >= 0.6 is 11.3 Å². The van der Waals surface area contributed by atoms with Crippen LogP contribution in [0.3, 0.4) is 0 Å². The molecule has 0 bridgehead atoms. The standard InChI is InChI=1S/C13H15N3O5S3/c1-23(18,19)9-3-4-10-11(5-9)22-13(14-10)15-12(17)8-6-16(7-8)24(2,20)21/h3-5,8H,6-7H2,1-2H3,(H,14,15,17). The SMILES string of the molecule is CS(=O)(=O)c1ccc2nc(NC(=O)C3CN(S(C)(=O)=O)C3)sc2c1. The molecule has 2 aromatic rings. The zero-order valence-corrected chi connectivity index (χ0v) is 15.3. The fraction of sp³-hybridized carbons (Fsp3) is 0.385. The molecule has 1 saturated heterocycles. The largest absolute Gasteiger partial charge is 0.302 e. The molecular formula is C13H15N3O5S3. The van der Waals surface area contributed by atoms with Crippen LogP contribution in [0.5, 0.6) is 0 Å². The highest BCUT2D eigenvalue weighted by Crippen LogP contribution is 2.29. The summed E-state index contributed by atoms with van der Waals surface area (Å²) in [5.41, 5.74) is 0.592. The van der Waals surface area contributed by atoms with E-state index in [0.717, 1.165) is 12.5 Å². The molecule has 0 unspecified atom stereocenters. The Morgan fingerprint density at radius 2 is 1.92 bits per heavy atom. The van der Waals surface area contributed by atoms with E-state index in [0.29, 0.717) is 15.3 Å². The Labute approximate surface area is 143 Å². The molecule has 1 aromatic heterocycles. The quantitative estimate of drug-likeness (QED) is 0.816. The minimum Gasteiger partial charge on any atom is -0.302 e. The fourth-order valence-corrected chi connectivity index (χ4v) is 4.80. The molecule has 0 atom stereocenters. The molecule has 1 aliphatic rings. The monoisotopic (exact) mass is 389 g/mol. The van der Waals surface area contributed by atoms with Crippen LogP contribution in [0.2, 0.25) is 0 Å². The van der Waals surface area contributed by atoms with Crippen LogP contribution in [0.1, 0.15) is 0 Å². The second kappa shape index (κ2) is 5.76. The fourth-order valence-electron chi connectivity index (χ4n) is 2.27. The number of carbonyl (C=O) groups excluding carboxylic acids is 1. The first-order valence-corrected chi connectivity index (χ1v) is 11.5. The molecule has 1 N–H and O–H groups in total. The maximum absolute atomic E-state index is 12.1. The van der Waals surface area contributed by atoms with E-state index in [9.17, 15) is 21.6 Å². The molecule has 0 spiro atoms. The van der Waals surface area contributed by atoms with Crippen LogP contribution in [-0.4, -0.2) is 57.6 Å². The molecule has 0 saturated carbocycles. The number of nitrogens with one attached hydrogen (secondary N) is 1. The zero-order valence-electron chi connectivity index (χ0n) is 12.9. The van der Waals surface area contributed by atoms with Gasteiger partial charge in [0.2, 0.25) is 15.9 Å². The van der Waals surface area contributed by atoms with E-state index in [1.54, 1.807) is 6.07 Å². The first-order valence-electron chi connectivity index (χ1n) is 6.91. The summed E-state index contributed by atoms with van der Waals surface area (Å²) in [4.78, 5) is 16.5. The lowest BCUT2D eigenvalue weighted by Gasteiger charge is -2.35. The third-order valence-electron chi connectivity index (χ3n) is 3.71. The predicted molar refractivity (Wildman–Crippen MR) is 91.3 cm³/mol. The van der Waals surface area contributed by atoms with Gasteiger partial charge in [-0.15, -0.1) is 0 Å². The average Bonchev–Trinajstić information content (AvgIpc) is 2.74. The number of sulfone groups is 1. The second-order valence-corrected chi connectivity index (χ2v) is 10.7. The van der Waals surface area contributed by atoms with Gasteiger partial charge in [0, 0.05) is 19.3 Å². The van der Waals surface area contributed by atoms with E-state index in [1.165, 1.54) is 27.8 Å². The van der Waals surface area contributed by atoms with Crippen LogP contribution in [0.25, 0.3) is 10.2 Å². The van der Waals surface area contributed by atoms with Crippen LogP contribution in [-0.2, 0) is 24.7 Å². The van der Waals surface area contributed by atoms with E-state index in [-0.39, 0.29) is 23.9 Å². The number of anilines is 1. The van der Waals surface area contributed by atoms with Crippen molar-refractivity contribution in [3.05, 3.63) is 18.2 Å². The lowest BCUT2D eigenvalue weighted by Crippen LogP contribution is -2.53. The van der Waals surface area contributed by atoms with E-state index >= 15 is 0 Å². The van der Waals surface area contributed by atoms with Gasteiger partial charge in [0.05, 0.1) is 27.3 Å². The van der Waals surface area contributed by atoms with Crippen LogP contribution in [0, 0.1) is 5.92 Å². The summed E-state index contributed by atoms with van der Waals surface area (Å²) in [7, 11) is -6.57. The first-order chi connectivity index (χ1) is 11.0. The molecule has 11 heteroatoms.